The first-order chi connectivity index (χ1) is 26.1. The van der Waals surface area contributed by atoms with E-state index in [0.29, 0.717) is 0 Å². The lowest BCUT2D eigenvalue weighted by molar-refractivity contribution is 1.18. The Morgan fingerprint density at radius 3 is 1.32 bits per heavy atom. The second kappa shape index (κ2) is 13.7. The molecule has 9 rings (SSSR count). The summed E-state index contributed by atoms with van der Waals surface area (Å²) in [7, 11) is 0. The fraction of sp³-hybridized carbons (Fsp3) is 0.0400. The lowest BCUT2D eigenvalue weighted by Crippen LogP contribution is -2.13. The van der Waals surface area contributed by atoms with Crippen LogP contribution in [0.4, 0.5) is 34.1 Å². The molecule has 1 heterocycles. The Morgan fingerprint density at radius 2 is 0.774 bits per heavy atom. The van der Waals surface area contributed by atoms with Crippen molar-refractivity contribution in [1.29, 1.82) is 0 Å². The van der Waals surface area contributed by atoms with Crippen LogP contribution in [-0.2, 0) is 0 Å². The number of fused-ring (bicyclic) bond motifs is 3. The molecular formula is C50H39N3. The van der Waals surface area contributed by atoms with E-state index in [0.717, 1.165) is 50.9 Å². The number of aromatic nitrogens is 1. The highest BCUT2D eigenvalue weighted by Crippen LogP contribution is 2.44. The Bertz CT molecular complexity index is 2550. The number of para-hydroxylation sites is 4. The number of anilines is 6. The molecule has 0 bridgehead atoms. The first-order valence-corrected chi connectivity index (χ1v) is 18.2. The van der Waals surface area contributed by atoms with Gasteiger partial charge in [0.25, 0.3) is 0 Å². The van der Waals surface area contributed by atoms with Crippen LogP contribution >= 0.6 is 0 Å². The molecule has 53 heavy (non-hydrogen) atoms. The highest BCUT2D eigenvalue weighted by molar-refractivity contribution is 6.10. The van der Waals surface area contributed by atoms with Crippen LogP contribution in [0.2, 0.25) is 0 Å². The van der Waals surface area contributed by atoms with Crippen LogP contribution in [-0.4, -0.2) is 4.57 Å². The fourth-order valence-electron chi connectivity index (χ4n) is 7.46. The molecule has 8 aromatic carbocycles. The molecule has 3 heteroatoms. The van der Waals surface area contributed by atoms with Crippen LogP contribution in [0.5, 0.6) is 0 Å². The molecule has 0 unspecified atom stereocenters. The van der Waals surface area contributed by atoms with Crippen molar-refractivity contribution in [3.05, 3.63) is 211 Å². The highest BCUT2D eigenvalue weighted by Gasteiger charge is 2.20. The van der Waals surface area contributed by atoms with Crippen LogP contribution in [0.15, 0.2) is 200 Å². The van der Waals surface area contributed by atoms with Gasteiger partial charge in [-0.05, 0) is 122 Å². The molecule has 0 aliphatic rings. The van der Waals surface area contributed by atoms with Gasteiger partial charge in [-0.15, -0.1) is 0 Å². The average Bonchev–Trinajstić information content (AvgIpc) is 3.54. The molecule has 0 atom stereocenters. The van der Waals surface area contributed by atoms with E-state index in [1.54, 1.807) is 0 Å². The second-order valence-corrected chi connectivity index (χ2v) is 13.7. The van der Waals surface area contributed by atoms with Gasteiger partial charge in [-0.25, -0.2) is 0 Å². The smallest absolute Gasteiger partial charge is 0.0541 e. The fourth-order valence-corrected chi connectivity index (χ4v) is 7.46. The van der Waals surface area contributed by atoms with Gasteiger partial charge < -0.3 is 14.4 Å². The summed E-state index contributed by atoms with van der Waals surface area (Å²) < 4.78 is 2.37. The molecule has 0 N–H and O–H groups in total. The van der Waals surface area contributed by atoms with Gasteiger partial charge >= 0.3 is 0 Å². The Morgan fingerprint density at radius 1 is 0.321 bits per heavy atom. The van der Waals surface area contributed by atoms with Crippen molar-refractivity contribution < 1.29 is 0 Å². The molecule has 0 spiro atoms. The molecule has 0 radical (unpaired) electrons. The zero-order valence-electron chi connectivity index (χ0n) is 29.9. The zero-order valence-corrected chi connectivity index (χ0v) is 29.9. The van der Waals surface area contributed by atoms with Gasteiger partial charge in [-0.1, -0.05) is 114 Å². The monoisotopic (exact) mass is 681 g/mol. The SMILES string of the molecule is Cc1ccc(N(c2ccccc2)c2cc(-c3ccc4c(c3)c3ccccc3n4-c3ccccc3)cc(N(c3ccccc3)c3ccc(C)cc3)c2)cc1. The van der Waals surface area contributed by atoms with Crippen molar-refractivity contribution in [3.63, 3.8) is 0 Å². The Labute approximate surface area is 311 Å². The molecule has 9 aromatic rings. The minimum absolute atomic E-state index is 1.08. The van der Waals surface area contributed by atoms with Crippen LogP contribution in [0, 0.1) is 13.8 Å². The summed E-state index contributed by atoms with van der Waals surface area (Å²) in [5, 5.41) is 2.46. The third kappa shape index (κ3) is 6.13. The first-order valence-electron chi connectivity index (χ1n) is 18.2. The standard InChI is InChI=1S/C50H39N3/c1-36-22-27-43(28-23-36)51(40-14-6-3-7-15-40)45-32-39(33-46(35-45)52(41-16-8-4-9-17-41)44-29-24-37(2)25-30-44)38-26-31-50-48(34-38)47-20-12-13-21-49(47)53(50)42-18-10-5-11-19-42/h3-35H,1-2H3. The normalized spacial score (nSPS) is 11.2. The van der Waals surface area contributed by atoms with E-state index in [4.69, 9.17) is 0 Å². The largest absolute Gasteiger partial charge is 0.310 e. The van der Waals surface area contributed by atoms with Crippen molar-refractivity contribution in [2.75, 3.05) is 9.80 Å². The topological polar surface area (TPSA) is 11.4 Å². The lowest BCUT2D eigenvalue weighted by Gasteiger charge is -2.30. The summed E-state index contributed by atoms with van der Waals surface area (Å²) in [4.78, 5) is 4.73. The number of aryl methyl sites for hydroxylation is 2. The third-order valence-corrected chi connectivity index (χ3v) is 10.1. The van der Waals surface area contributed by atoms with E-state index < -0.39 is 0 Å². The van der Waals surface area contributed by atoms with E-state index in [2.05, 4.69) is 228 Å². The predicted molar refractivity (Wildman–Crippen MR) is 225 cm³/mol. The number of benzene rings is 8. The molecular weight excluding hydrogens is 643 g/mol. The summed E-state index contributed by atoms with van der Waals surface area (Å²) in [5.41, 5.74) is 14.9. The van der Waals surface area contributed by atoms with Crippen LogP contribution in [0.1, 0.15) is 11.1 Å². The first kappa shape index (κ1) is 32.1. The quantitative estimate of drug-likeness (QED) is 0.158. The van der Waals surface area contributed by atoms with Gasteiger partial charge in [-0.3, -0.25) is 0 Å². The van der Waals surface area contributed by atoms with E-state index in [1.165, 1.54) is 32.9 Å². The van der Waals surface area contributed by atoms with Crippen molar-refractivity contribution in [3.8, 4) is 16.8 Å². The van der Waals surface area contributed by atoms with Gasteiger partial charge in [0.2, 0.25) is 0 Å². The maximum atomic E-state index is 2.37. The van der Waals surface area contributed by atoms with E-state index >= 15 is 0 Å². The second-order valence-electron chi connectivity index (χ2n) is 13.7. The lowest BCUT2D eigenvalue weighted by atomic mass is 9.99. The maximum Gasteiger partial charge on any atom is 0.0541 e. The number of hydrogen-bond donors (Lipinski definition) is 0. The minimum atomic E-state index is 1.08. The van der Waals surface area contributed by atoms with Crippen molar-refractivity contribution in [1.82, 2.24) is 4.57 Å². The summed E-state index contributed by atoms with van der Waals surface area (Å²) in [6.07, 6.45) is 0. The molecule has 3 nitrogen and oxygen atoms in total. The van der Waals surface area contributed by atoms with Crippen LogP contribution < -0.4 is 9.80 Å². The summed E-state index contributed by atoms with van der Waals surface area (Å²) >= 11 is 0. The van der Waals surface area contributed by atoms with Crippen LogP contribution in [0.25, 0.3) is 38.6 Å². The Hall–Kier alpha value is -6.84. The zero-order chi connectivity index (χ0) is 35.7. The number of rotatable bonds is 8. The highest BCUT2D eigenvalue weighted by atomic mass is 15.2. The minimum Gasteiger partial charge on any atom is -0.310 e. The molecule has 0 aliphatic heterocycles. The third-order valence-electron chi connectivity index (χ3n) is 10.1. The van der Waals surface area contributed by atoms with Crippen molar-refractivity contribution in [2.24, 2.45) is 0 Å². The van der Waals surface area contributed by atoms with Gasteiger partial charge in [0, 0.05) is 50.6 Å². The van der Waals surface area contributed by atoms with Crippen molar-refractivity contribution >= 4 is 55.9 Å². The van der Waals surface area contributed by atoms with Crippen LogP contribution in [0.3, 0.4) is 0 Å². The summed E-state index contributed by atoms with van der Waals surface area (Å²) in [6, 6.07) is 72.3. The molecule has 0 saturated carbocycles. The number of nitrogens with zero attached hydrogens (tertiary/aromatic N) is 3. The van der Waals surface area contributed by atoms with Gasteiger partial charge in [0.1, 0.15) is 0 Å². The van der Waals surface area contributed by atoms with E-state index in [9.17, 15) is 0 Å². The van der Waals surface area contributed by atoms with E-state index in [-0.39, 0.29) is 0 Å². The van der Waals surface area contributed by atoms with Gasteiger partial charge in [0.05, 0.1) is 11.0 Å². The van der Waals surface area contributed by atoms with Gasteiger partial charge in [0.15, 0.2) is 0 Å². The summed E-state index contributed by atoms with van der Waals surface area (Å²) in [6.45, 7) is 4.28. The molecule has 0 saturated heterocycles. The molecule has 0 fully saturated rings. The number of hydrogen-bond acceptors (Lipinski definition) is 2. The molecule has 0 aliphatic carbocycles. The Kier molecular flexibility index (Phi) is 8.30. The average molecular weight is 682 g/mol. The maximum absolute atomic E-state index is 2.37. The molecule has 1 aromatic heterocycles. The molecule has 0 amide bonds. The predicted octanol–water partition coefficient (Wildman–Crippen LogP) is 14.0. The summed E-state index contributed by atoms with van der Waals surface area (Å²) in [5.74, 6) is 0. The van der Waals surface area contributed by atoms with Gasteiger partial charge in [-0.2, -0.15) is 0 Å². The van der Waals surface area contributed by atoms with E-state index in [1.807, 2.05) is 0 Å². The van der Waals surface area contributed by atoms with Crippen molar-refractivity contribution in [2.45, 2.75) is 13.8 Å². The Balaban J connectivity index is 1.31. The molecule has 254 valence electrons.